The van der Waals surface area contributed by atoms with Crippen LogP contribution in [-0.4, -0.2) is 40.4 Å². The van der Waals surface area contributed by atoms with E-state index in [-0.39, 0.29) is 40.9 Å². The Balaban J connectivity index is 2.00. The van der Waals surface area contributed by atoms with Gasteiger partial charge in [-0.3, -0.25) is 14.9 Å². The SMILES string of the molecule is CC1CCCC(C)N1C(=O)COC(=O)c1ccc([N+](=O)[O-])cc1Cl. The van der Waals surface area contributed by atoms with Crippen molar-refractivity contribution in [2.75, 3.05) is 6.61 Å². The third-order valence-electron chi connectivity index (χ3n) is 4.19. The highest BCUT2D eigenvalue weighted by molar-refractivity contribution is 6.33. The molecule has 0 saturated carbocycles. The Labute approximate surface area is 144 Å². The first-order valence-electron chi connectivity index (χ1n) is 7.73. The van der Waals surface area contributed by atoms with Gasteiger partial charge in [-0.05, 0) is 39.2 Å². The summed E-state index contributed by atoms with van der Waals surface area (Å²) in [4.78, 5) is 36.2. The molecule has 0 radical (unpaired) electrons. The number of ether oxygens (including phenoxy) is 1. The van der Waals surface area contributed by atoms with Crippen LogP contribution in [0.5, 0.6) is 0 Å². The van der Waals surface area contributed by atoms with Crippen molar-refractivity contribution < 1.29 is 19.2 Å². The molecule has 8 heteroatoms. The number of esters is 1. The summed E-state index contributed by atoms with van der Waals surface area (Å²) in [6, 6.07) is 3.69. The standard InChI is InChI=1S/C16H19ClN2O5/c1-10-4-3-5-11(2)18(10)15(20)9-24-16(21)13-7-6-12(19(22)23)8-14(13)17/h6-8,10-11H,3-5,9H2,1-2H3. The molecule has 1 aliphatic rings. The van der Waals surface area contributed by atoms with Crippen molar-refractivity contribution >= 4 is 29.2 Å². The maximum Gasteiger partial charge on any atom is 0.340 e. The highest BCUT2D eigenvalue weighted by atomic mass is 35.5. The van der Waals surface area contributed by atoms with Gasteiger partial charge in [0.25, 0.3) is 11.6 Å². The van der Waals surface area contributed by atoms with Gasteiger partial charge in [0.15, 0.2) is 6.61 Å². The molecule has 1 heterocycles. The van der Waals surface area contributed by atoms with Gasteiger partial charge in [-0.15, -0.1) is 0 Å². The average molecular weight is 355 g/mol. The Hall–Kier alpha value is -2.15. The van der Waals surface area contributed by atoms with Crippen LogP contribution in [0.1, 0.15) is 43.5 Å². The van der Waals surface area contributed by atoms with Crippen molar-refractivity contribution in [3.05, 3.63) is 38.9 Å². The van der Waals surface area contributed by atoms with Crippen LogP contribution >= 0.6 is 11.6 Å². The Bertz CT molecular complexity index is 654. The molecule has 0 aliphatic carbocycles. The van der Waals surface area contributed by atoms with Gasteiger partial charge in [-0.1, -0.05) is 11.6 Å². The van der Waals surface area contributed by atoms with Gasteiger partial charge < -0.3 is 9.64 Å². The zero-order valence-electron chi connectivity index (χ0n) is 13.5. The van der Waals surface area contributed by atoms with Crippen LogP contribution in [-0.2, 0) is 9.53 Å². The maximum atomic E-state index is 12.3. The van der Waals surface area contributed by atoms with Gasteiger partial charge >= 0.3 is 5.97 Å². The Morgan fingerprint density at radius 3 is 2.50 bits per heavy atom. The maximum absolute atomic E-state index is 12.3. The van der Waals surface area contributed by atoms with E-state index in [4.69, 9.17) is 16.3 Å². The lowest BCUT2D eigenvalue weighted by atomic mass is 9.97. The topological polar surface area (TPSA) is 89.8 Å². The first-order chi connectivity index (χ1) is 11.3. The molecule has 1 aromatic carbocycles. The van der Waals surface area contributed by atoms with E-state index in [0.29, 0.717) is 0 Å². The van der Waals surface area contributed by atoms with Gasteiger partial charge in [-0.2, -0.15) is 0 Å². The van der Waals surface area contributed by atoms with E-state index in [2.05, 4.69) is 0 Å². The number of nitro benzene ring substituents is 1. The van der Waals surface area contributed by atoms with Gasteiger partial charge in [-0.25, -0.2) is 4.79 Å². The molecule has 130 valence electrons. The molecule has 1 amide bonds. The van der Waals surface area contributed by atoms with Crippen LogP contribution in [0.2, 0.25) is 5.02 Å². The fraction of sp³-hybridized carbons (Fsp3) is 0.500. The van der Waals surface area contributed by atoms with Gasteiger partial charge in [0.1, 0.15) is 0 Å². The number of rotatable bonds is 4. The molecule has 0 aromatic heterocycles. The molecule has 1 aliphatic heterocycles. The highest BCUT2D eigenvalue weighted by Gasteiger charge is 2.29. The van der Waals surface area contributed by atoms with Crippen molar-refractivity contribution in [3.63, 3.8) is 0 Å². The Kier molecular flexibility index (Phi) is 5.77. The summed E-state index contributed by atoms with van der Waals surface area (Å²) in [5.74, 6) is -1.03. The first-order valence-corrected chi connectivity index (χ1v) is 8.11. The number of non-ortho nitro benzene ring substituents is 1. The number of piperidine rings is 1. The largest absolute Gasteiger partial charge is 0.452 e. The zero-order valence-corrected chi connectivity index (χ0v) is 14.3. The molecule has 0 spiro atoms. The number of amides is 1. The first kappa shape index (κ1) is 18.2. The monoisotopic (exact) mass is 354 g/mol. The van der Waals surface area contributed by atoms with Gasteiger partial charge in [0.05, 0.1) is 15.5 Å². The van der Waals surface area contributed by atoms with Crippen molar-refractivity contribution in [2.45, 2.75) is 45.2 Å². The molecule has 0 bridgehead atoms. The average Bonchev–Trinajstić information content (AvgIpc) is 2.52. The smallest absolute Gasteiger partial charge is 0.340 e. The third-order valence-corrected chi connectivity index (χ3v) is 4.50. The summed E-state index contributed by atoms with van der Waals surface area (Å²) in [6.07, 6.45) is 2.93. The lowest BCUT2D eigenvalue weighted by Crippen LogP contribution is -2.49. The molecule has 24 heavy (non-hydrogen) atoms. The number of likely N-dealkylation sites (tertiary alicyclic amines) is 1. The summed E-state index contributed by atoms with van der Waals surface area (Å²) < 4.78 is 5.04. The molecule has 0 N–H and O–H groups in total. The summed E-state index contributed by atoms with van der Waals surface area (Å²) in [6.45, 7) is 3.58. The van der Waals surface area contributed by atoms with E-state index in [1.165, 1.54) is 12.1 Å². The normalized spacial score (nSPS) is 20.5. The van der Waals surface area contributed by atoms with E-state index < -0.39 is 10.9 Å². The second-order valence-electron chi connectivity index (χ2n) is 5.93. The number of hydrogen-bond acceptors (Lipinski definition) is 5. The van der Waals surface area contributed by atoms with E-state index >= 15 is 0 Å². The van der Waals surface area contributed by atoms with Crippen molar-refractivity contribution in [2.24, 2.45) is 0 Å². The highest BCUT2D eigenvalue weighted by Crippen LogP contribution is 2.24. The Morgan fingerprint density at radius 2 is 1.96 bits per heavy atom. The third kappa shape index (κ3) is 4.03. The molecule has 7 nitrogen and oxygen atoms in total. The number of benzene rings is 1. The molecule has 1 saturated heterocycles. The molecular weight excluding hydrogens is 336 g/mol. The minimum absolute atomic E-state index is 0.00481. The number of halogens is 1. The number of nitrogens with zero attached hydrogens (tertiary/aromatic N) is 2. The summed E-state index contributed by atoms with van der Waals surface area (Å²) >= 11 is 5.88. The summed E-state index contributed by atoms with van der Waals surface area (Å²) in [5.41, 5.74) is -0.224. The van der Waals surface area contributed by atoms with Crippen LogP contribution in [0.4, 0.5) is 5.69 Å². The van der Waals surface area contributed by atoms with E-state index in [1.807, 2.05) is 13.8 Å². The van der Waals surface area contributed by atoms with Crippen LogP contribution in [0.15, 0.2) is 18.2 Å². The van der Waals surface area contributed by atoms with Gasteiger partial charge in [0, 0.05) is 24.2 Å². The zero-order chi connectivity index (χ0) is 17.9. The molecular formula is C16H19ClN2O5. The number of carbonyl (C=O) groups is 2. The van der Waals surface area contributed by atoms with Crippen LogP contribution in [0.25, 0.3) is 0 Å². The van der Waals surface area contributed by atoms with Crippen LogP contribution < -0.4 is 0 Å². The molecule has 2 atom stereocenters. The second kappa shape index (κ2) is 7.61. The van der Waals surface area contributed by atoms with E-state index in [0.717, 1.165) is 25.3 Å². The van der Waals surface area contributed by atoms with Crippen molar-refractivity contribution in [1.82, 2.24) is 4.90 Å². The van der Waals surface area contributed by atoms with E-state index in [1.54, 1.807) is 4.90 Å². The lowest BCUT2D eigenvalue weighted by molar-refractivity contribution is -0.384. The van der Waals surface area contributed by atoms with Gasteiger partial charge in [0.2, 0.25) is 0 Å². The van der Waals surface area contributed by atoms with Crippen LogP contribution in [0.3, 0.4) is 0 Å². The predicted octanol–water partition coefficient (Wildman–Crippen LogP) is 3.19. The fourth-order valence-corrected chi connectivity index (χ4v) is 3.23. The van der Waals surface area contributed by atoms with Crippen molar-refractivity contribution in [1.29, 1.82) is 0 Å². The van der Waals surface area contributed by atoms with E-state index in [9.17, 15) is 19.7 Å². The fourth-order valence-electron chi connectivity index (χ4n) is 2.98. The number of carbonyl (C=O) groups excluding carboxylic acids is 2. The lowest BCUT2D eigenvalue weighted by Gasteiger charge is -2.38. The molecule has 2 unspecified atom stereocenters. The summed E-state index contributed by atoms with van der Waals surface area (Å²) in [5, 5.41) is 10.6. The van der Waals surface area contributed by atoms with Crippen LogP contribution in [0, 0.1) is 10.1 Å². The minimum atomic E-state index is -0.777. The van der Waals surface area contributed by atoms with Crippen molar-refractivity contribution in [3.8, 4) is 0 Å². The Morgan fingerprint density at radius 1 is 1.33 bits per heavy atom. The minimum Gasteiger partial charge on any atom is -0.452 e. The molecule has 2 rings (SSSR count). The quantitative estimate of drug-likeness (QED) is 0.470. The molecule has 1 aromatic rings. The number of hydrogen-bond donors (Lipinski definition) is 0. The predicted molar refractivity (Wildman–Crippen MR) is 88.0 cm³/mol. The number of nitro groups is 1. The second-order valence-corrected chi connectivity index (χ2v) is 6.33. The summed E-state index contributed by atoms with van der Waals surface area (Å²) in [7, 11) is 0. The molecule has 1 fully saturated rings.